The zero-order valence-corrected chi connectivity index (χ0v) is 11.2. The first-order valence-corrected chi connectivity index (χ1v) is 6.37. The summed E-state index contributed by atoms with van der Waals surface area (Å²) >= 11 is 0. The van der Waals surface area contributed by atoms with E-state index in [1.54, 1.807) is 12.3 Å². The number of pyridine rings is 1. The molecule has 2 aromatic rings. The molecule has 0 fully saturated rings. The number of rotatable bonds is 4. The maximum absolute atomic E-state index is 12.3. The Morgan fingerprint density at radius 2 is 2.11 bits per heavy atom. The molecule has 0 aliphatic rings. The van der Waals surface area contributed by atoms with Crippen molar-refractivity contribution < 1.29 is 9.90 Å². The summed E-state index contributed by atoms with van der Waals surface area (Å²) in [4.78, 5) is 16.6. The first-order valence-electron chi connectivity index (χ1n) is 6.37. The van der Waals surface area contributed by atoms with Gasteiger partial charge in [0.2, 0.25) is 0 Å². The highest BCUT2D eigenvalue weighted by molar-refractivity contribution is 6.05. The predicted octanol–water partition coefficient (Wildman–Crippen LogP) is 2.13. The Hall–Kier alpha value is -1.94. The summed E-state index contributed by atoms with van der Waals surface area (Å²) in [6.45, 7) is 3.66. The van der Waals surface area contributed by atoms with Gasteiger partial charge in [-0.05, 0) is 25.5 Å². The van der Waals surface area contributed by atoms with Crippen LogP contribution in [0.15, 0.2) is 36.5 Å². The number of hydrogen-bond donors (Lipinski definition) is 2. The first kappa shape index (κ1) is 13.5. The summed E-state index contributed by atoms with van der Waals surface area (Å²) in [5.41, 5.74) is 0.610. The van der Waals surface area contributed by atoms with Crippen LogP contribution in [-0.2, 0) is 0 Å². The fraction of sp³-hybridized carbons (Fsp3) is 0.333. The SMILES string of the molecule is CCC(C)(CO)NC(=O)c1cccc2cccnc12. The van der Waals surface area contributed by atoms with Crippen molar-refractivity contribution in [1.29, 1.82) is 0 Å². The third kappa shape index (κ3) is 2.74. The Balaban J connectivity index is 2.37. The third-order valence-corrected chi connectivity index (χ3v) is 3.42. The van der Waals surface area contributed by atoms with Crippen LogP contribution in [0.2, 0.25) is 0 Å². The van der Waals surface area contributed by atoms with Crippen molar-refractivity contribution >= 4 is 16.8 Å². The minimum Gasteiger partial charge on any atom is -0.394 e. The molecule has 1 unspecified atom stereocenters. The zero-order valence-electron chi connectivity index (χ0n) is 11.2. The second kappa shape index (κ2) is 5.36. The van der Waals surface area contributed by atoms with Crippen LogP contribution in [0.3, 0.4) is 0 Å². The van der Waals surface area contributed by atoms with E-state index in [-0.39, 0.29) is 12.5 Å². The summed E-state index contributed by atoms with van der Waals surface area (Å²) in [6, 6.07) is 9.27. The molecular weight excluding hydrogens is 240 g/mol. The van der Waals surface area contributed by atoms with E-state index >= 15 is 0 Å². The predicted molar refractivity (Wildman–Crippen MR) is 75.0 cm³/mol. The molecule has 100 valence electrons. The monoisotopic (exact) mass is 258 g/mol. The Morgan fingerprint density at radius 1 is 1.37 bits per heavy atom. The molecular formula is C15H18N2O2. The minimum absolute atomic E-state index is 0.0898. The largest absolute Gasteiger partial charge is 0.394 e. The highest BCUT2D eigenvalue weighted by atomic mass is 16.3. The number of fused-ring (bicyclic) bond motifs is 1. The lowest BCUT2D eigenvalue weighted by atomic mass is 9.99. The van der Waals surface area contributed by atoms with Crippen LogP contribution in [0.25, 0.3) is 10.9 Å². The number of amides is 1. The fourth-order valence-electron chi connectivity index (χ4n) is 1.87. The molecule has 1 atom stereocenters. The standard InChI is InChI=1S/C15H18N2O2/c1-3-15(2,10-18)17-14(19)12-8-4-6-11-7-5-9-16-13(11)12/h4-9,18H,3,10H2,1-2H3,(H,17,19). The van der Waals surface area contributed by atoms with E-state index in [1.165, 1.54) is 0 Å². The van der Waals surface area contributed by atoms with Gasteiger partial charge in [0.05, 0.1) is 23.2 Å². The molecule has 0 aliphatic heterocycles. The molecule has 19 heavy (non-hydrogen) atoms. The van der Waals surface area contributed by atoms with E-state index in [2.05, 4.69) is 10.3 Å². The van der Waals surface area contributed by atoms with Crippen molar-refractivity contribution in [2.24, 2.45) is 0 Å². The Kier molecular flexibility index (Phi) is 3.81. The van der Waals surface area contributed by atoms with Crippen molar-refractivity contribution in [1.82, 2.24) is 10.3 Å². The van der Waals surface area contributed by atoms with Crippen LogP contribution in [0.5, 0.6) is 0 Å². The van der Waals surface area contributed by atoms with Crippen LogP contribution >= 0.6 is 0 Å². The molecule has 2 rings (SSSR count). The molecule has 0 saturated carbocycles. The topological polar surface area (TPSA) is 62.2 Å². The van der Waals surface area contributed by atoms with E-state index < -0.39 is 5.54 Å². The van der Waals surface area contributed by atoms with Crippen molar-refractivity contribution in [3.8, 4) is 0 Å². The van der Waals surface area contributed by atoms with Crippen LogP contribution in [0, 0.1) is 0 Å². The van der Waals surface area contributed by atoms with Gasteiger partial charge in [0.15, 0.2) is 0 Å². The van der Waals surface area contributed by atoms with Gasteiger partial charge in [-0.2, -0.15) is 0 Å². The van der Waals surface area contributed by atoms with Crippen molar-refractivity contribution in [3.05, 3.63) is 42.1 Å². The minimum atomic E-state index is -0.603. The average molecular weight is 258 g/mol. The van der Waals surface area contributed by atoms with E-state index in [0.717, 1.165) is 5.39 Å². The highest BCUT2D eigenvalue weighted by Gasteiger charge is 2.24. The number of nitrogens with one attached hydrogen (secondary N) is 1. The van der Waals surface area contributed by atoms with Crippen LogP contribution in [0.1, 0.15) is 30.6 Å². The highest BCUT2D eigenvalue weighted by Crippen LogP contribution is 2.17. The molecule has 1 heterocycles. The number of aromatic nitrogens is 1. The molecule has 1 aromatic carbocycles. The normalized spacial score (nSPS) is 14.1. The smallest absolute Gasteiger partial charge is 0.253 e. The van der Waals surface area contributed by atoms with Crippen molar-refractivity contribution in [2.45, 2.75) is 25.8 Å². The van der Waals surface area contributed by atoms with Crippen molar-refractivity contribution in [2.75, 3.05) is 6.61 Å². The molecule has 1 aromatic heterocycles. The molecule has 0 saturated heterocycles. The second-order valence-electron chi connectivity index (χ2n) is 4.91. The molecule has 1 amide bonds. The zero-order chi connectivity index (χ0) is 13.9. The maximum Gasteiger partial charge on any atom is 0.253 e. The first-order chi connectivity index (χ1) is 9.09. The number of carbonyl (C=O) groups is 1. The number of nitrogens with zero attached hydrogens (tertiary/aromatic N) is 1. The number of aliphatic hydroxyl groups is 1. The molecule has 0 bridgehead atoms. The number of para-hydroxylation sites is 1. The average Bonchev–Trinajstić information content (AvgIpc) is 2.46. The van der Waals surface area contributed by atoms with E-state index in [1.807, 2.05) is 38.1 Å². The Labute approximate surface area is 112 Å². The van der Waals surface area contributed by atoms with Gasteiger partial charge < -0.3 is 10.4 Å². The van der Waals surface area contributed by atoms with Crippen LogP contribution in [-0.4, -0.2) is 28.1 Å². The molecule has 0 aliphatic carbocycles. The third-order valence-electron chi connectivity index (χ3n) is 3.42. The number of benzene rings is 1. The van der Waals surface area contributed by atoms with E-state index in [9.17, 15) is 9.90 Å². The van der Waals surface area contributed by atoms with Gasteiger partial charge in [0.1, 0.15) is 0 Å². The summed E-state index contributed by atoms with van der Waals surface area (Å²) in [5, 5.41) is 13.2. The fourth-order valence-corrected chi connectivity index (χ4v) is 1.87. The van der Waals surface area contributed by atoms with Crippen LogP contribution in [0.4, 0.5) is 0 Å². The lowest BCUT2D eigenvalue weighted by molar-refractivity contribution is 0.0849. The quantitative estimate of drug-likeness (QED) is 0.883. The van der Waals surface area contributed by atoms with Gasteiger partial charge in [-0.3, -0.25) is 9.78 Å². The summed E-state index contributed by atoms with van der Waals surface area (Å²) in [6.07, 6.45) is 2.33. The lowest BCUT2D eigenvalue weighted by Crippen LogP contribution is -2.48. The Bertz CT molecular complexity index is 586. The van der Waals surface area contributed by atoms with E-state index in [0.29, 0.717) is 17.5 Å². The molecule has 0 spiro atoms. The van der Waals surface area contributed by atoms with Gasteiger partial charge in [-0.25, -0.2) is 0 Å². The molecule has 0 radical (unpaired) electrons. The van der Waals surface area contributed by atoms with Gasteiger partial charge >= 0.3 is 0 Å². The van der Waals surface area contributed by atoms with Gasteiger partial charge in [-0.1, -0.05) is 25.1 Å². The van der Waals surface area contributed by atoms with Crippen molar-refractivity contribution in [3.63, 3.8) is 0 Å². The van der Waals surface area contributed by atoms with Gasteiger partial charge in [0, 0.05) is 11.6 Å². The summed E-state index contributed by atoms with van der Waals surface area (Å²) < 4.78 is 0. The number of hydrogen-bond acceptors (Lipinski definition) is 3. The lowest BCUT2D eigenvalue weighted by Gasteiger charge is -2.27. The number of carbonyl (C=O) groups excluding carboxylic acids is 1. The molecule has 4 heteroatoms. The Morgan fingerprint density at radius 3 is 2.79 bits per heavy atom. The summed E-state index contributed by atoms with van der Waals surface area (Å²) in [5.74, 6) is -0.206. The summed E-state index contributed by atoms with van der Waals surface area (Å²) in [7, 11) is 0. The van der Waals surface area contributed by atoms with Gasteiger partial charge in [-0.15, -0.1) is 0 Å². The van der Waals surface area contributed by atoms with Gasteiger partial charge in [0.25, 0.3) is 5.91 Å². The molecule has 2 N–H and O–H groups in total. The maximum atomic E-state index is 12.3. The van der Waals surface area contributed by atoms with Crippen LogP contribution < -0.4 is 5.32 Å². The second-order valence-corrected chi connectivity index (χ2v) is 4.91. The molecule has 4 nitrogen and oxygen atoms in total. The van der Waals surface area contributed by atoms with E-state index in [4.69, 9.17) is 0 Å². The number of aliphatic hydroxyl groups excluding tert-OH is 1.